The Labute approximate surface area is 197 Å². The molecule has 4 rings (SSSR count). The van der Waals surface area contributed by atoms with Crippen molar-refractivity contribution in [3.05, 3.63) is 29.1 Å². The molecule has 0 N–H and O–H groups in total. The third-order valence-corrected chi connectivity index (χ3v) is 5.87. The Morgan fingerprint density at radius 3 is 2.68 bits per heavy atom. The maximum absolute atomic E-state index is 14.6. The lowest BCUT2D eigenvalue weighted by Crippen LogP contribution is -2.50. The van der Waals surface area contributed by atoms with Gasteiger partial charge in [-0.25, -0.2) is 18.3 Å². The summed E-state index contributed by atoms with van der Waals surface area (Å²) in [5.41, 5.74) is 2.40. The van der Waals surface area contributed by atoms with Crippen LogP contribution in [0, 0.1) is 6.92 Å². The van der Waals surface area contributed by atoms with Gasteiger partial charge in [-0.1, -0.05) is 11.3 Å². The molecule has 34 heavy (non-hydrogen) atoms. The predicted octanol–water partition coefficient (Wildman–Crippen LogP) is 3.81. The molecule has 0 saturated carbocycles. The molecule has 9 nitrogen and oxygen atoms in total. The Morgan fingerprint density at radius 2 is 2.06 bits per heavy atom. The highest BCUT2D eigenvalue weighted by Gasteiger charge is 2.44. The molecule has 0 radical (unpaired) electrons. The van der Waals surface area contributed by atoms with Gasteiger partial charge in [0.25, 0.3) is 5.92 Å². The molecule has 2 saturated heterocycles. The van der Waals surface area contributed by atoms with Crippen molar-refractivity contribution in [1.29, 1.82) is 0 Å². The number of aromatic nitrogens is 4. The molecule has 2 aromatic heterocycles. The molecule has 2 unspecified atom stereocenters. The van der Waals surface area contributed by atoms with E-state index in [0.29, 0.717) is 29.3 Å². The number of ether oxygens (including phenoxy) is 3. The standard InChI is InChI=1S/C23H31F2N5O4/c1-14-16(15-10-23(24,25)13-30(11-15)21(31)34-22(2,3)4)6-7-17(26-14)20-18(29(5)28-27-20)12-33-19-8-9-32-19/h6-7,15,19H,8-13H2,1-5H3. The fourth-order valence-electron chi connectivity index (χ4n) is 4.16. The van der Waals surface area contributed by atoms with Crippen LogP contribution in [-0.2, 0) is 27.9 Å². The SMILES string of the molecule is Cc1nc(-c2nnn(C)c2COC2CCO2)ccc1C1CN(C(=O)OC(C)(C)C)CC(F)(F)C1. The summed E-state index contributed by atoms with van der Waals surface area (Å²) >= 11 is 0. The number of carbonyl (C=O) groups is 1. The summed E-state index contributed by atoms with van der Waals surface area (Å²) in [4.78, 5) is 18.2. The second kappa shape index (κ2) is 9.18. The van der Waals surface area contributed by atoms with Crippen molar-refractivity contribution in [2.45, 2.75) is 70.9 Å². The Morgan fingerprint density at radius 1 is 1.32 bits per heavy atom. The summed E-state index contributed by atoms with van der Waals surface area (Å²) in [5, 5.41) is 8.31. The summed E-state index contributed by atoms with van der Waals surface area (Å²) in [6.45, 7) is 7.35. The molecule has 11 heteroatoms. The highest BCUT2D eigenvalue weighted by Crippen LogP contribution is 2.38. The van der Waals surface area contributed by atoms with Crippen molar-refractivity contribution in [3.63, 3.8) is 0 Å². The van der Waals surface area contributed by atoms with Crippen molar-refractivity contribution in [2.24, 2.45) is 7.05 Å². The highest BCUT2D eigenvalue weighted by atomic mass is 19.3. The van der Waals surface area contributed by atoms with Crippen molar-refractivity contribution in [3.8, 4) is 11.4 Å². The molecule has 0 aromatic carbocycles. The summed E-state index contributed by atoms with van der Waals surface area (Å²) in [5.74, 6) is -3.59. The monoisotopic (exact) mass is 479 g/mol. The van der Waals surface area contributed by atoms with E-state index in [4.69, 9.17) is 14.2 Å². The molecule has 2 fully saturated rings. The molecule has 2 aromatic rings. The predicted molar refractivity (Wildman–Crippen MR) is 118 cm³/mol. The van der Waals surface area contributed by atoms with Gasteiger partial charge in [0.15, 0.2) is 6.29 Å². The van der Waals surface area contributed by atoms with Crippen LogP contribution in [-0.4, -0.2) is 68.5 Å². The van der Waals surface area contributed by atoms with Crippen molar-refractivity contribution in [2.75, 3.05) is 19.7 Å². The summed E-state index contributed by atoms with van der Waals surface area (Å²) < 4.78 is 47.1. The Balaban J connectivity index is 1.54. The maximum Gasteiger partial charge on any atom is 0.410 e. The fourth-order valence-corrected chi connectivity index (χ4v) is 4.16. The van der Waals surface area contributed by atoms with E-state index in [1.54, 1.807) is 51.6 Å². The Bertz CT molecular complexity index is 1050. The largest absolute Gasteiger partial charge is 0.444 e. The molecular weight excluding hydrogens is 448 g/mol. The van der Waals surface area contributed by atoms with Gasteiger partial charge >= 0.3 is 6.09 Å². The van der Waals surface area contributed by atoms with E-state index >= 15 is 0 Å². The Kier molecular flexibility index (Phi) is 6.61. The first-order chi connectivity index (χ1) is 15.9. The van der Waals surface area contributed by atoms with Crippen LogP contribution in [0.5, 0.6) is 0 Å². The first kappa shape index (κ1) is 24.5. The van der Waals surface area contributed by atoms with Gasteiger partial charge in [-0.2, -0.15) is 0 Å². The van der Waals surface area contributed by atoms with Gasteiger partial charge in [0.1, 0.15) is 11.3 Å². The molecule has 186 valence electrons. The second-order valence-corrected chi connectivity index (χ2v) is 9.90. The number of pyridine rings is 1. The fraction of sp³-hybridized carbons (Fsp3) is 0.652. The van der Waals surface area contributed by atoms with Crippen LogP contribution in [0.1, 0.15) is 56.5 Å². The maximum atomic E-state index is 14.6. The van der Waals surface area contributed by atoms with Gasteiger partial charge in [0, 0.05) is 38.0 Å². The zero-order valence-electron chi connectivity index (χ0n) is 20.2. The average molecular weight is 480 g/mol. The Hall–Kier alpha value is -2.66. The lowest BCUT2D eigenvalue weighted by molar-refractivity contribution is -0.221. The van der Waals surface area contributed by atoms with Crippen molar-refractivity contribution >= 4 is 6.09 Å². The number of likely N-dealkylation sites (tertiary alicyclic amines) is 1. The van der Waals surface area contributed by atoms with E-state index in [1.165, 1.54) is 0 Å². The molecule has 2 aliphatic heterocycles. The minimum Gasteiger partial charge on any atom is -0.444 e. The van der Waals surface area contributed by atoms with E-state index in [1.807, 2.05) is 0 Å². The average Bonchev–Trinajstić information content (AvgIpc) is 3.04. The van der Waals surface area contributed by atoms with Crippen LogP contribution in [0.4, 0.5) is 13.6 Å². The quantitative estimate of drug-likeness (QED) is 0.644. The summed E-state index contributed by atoms with van der Waals surface area (Å²) in [6.07, 6.45) is -0.474. The van der Waals surface area contributed by atoms with E-state index in [-0.39, 0.29) is 25.9 Å². The van der Waals surface area contributed by atoms with E-state index < -0.39 is 30.1 Å². The number of aryl methyl sites for hydroxylation is 2. The highest BCUT2D eigenvalue weighted by molar-refractivity contribution is 5.68. The number of hydrogen-bond acceptors (Lipinski definition) is 7. The zero-order chi connectivity index (χ0) is 24.7. The van der Waals surface area contributed by atoms with Crippen LogP contribution < -0.4 is 0 Å². The van der Waals surface area contributed by atoms with Crippen LogP contribution in [0.2, 0.25) is 0 Å². The first-order valence-electron chi connectivity index (χ1n) is 11.4. The normalized spacial score (nSPS) is 22.4. The third-order valence-electron chi connectivity index (χ3n) is 5.87. The summed E-state index contributed by atoms with van der Waals surface area (Å²) in [7, 11) is 1.77. The molecule has 0 spiro atoms. The van der Waals surface area contributed by atoms with Gasteiger partial charge in [0.05, 0.1) is 31.1 Å². The lowest BCUT2D eigenvalue weighted by Gasteiger charge is -2.38. The van der Waals surface area contributed by atoms with Crippen molar-refractivity contribution in [1.82, 2.24) is 24.9 Å². The number of nitrogens with zero attached hydrogens (tertiary/aromatic N) is 5. The van der Waals surface area contributed by atoms with Gasteiger partial charge in [-0.3, -0.25) is 4.98 Å². The zero-order valence-corrected chi connectivity index (χ0v) is 20.2. The van der Waals surface area contributed by atoms with E-state index in [2.05, 4.69) is 15.3 Å². The van der Waals surface area contributed by atoms with Gasteiger partial charge < -0.3 is 19.1 Å². The number of alkyl halides is 2. The molecule has 2 atom stereocenters. The van der Waals surface area contributed by atoms with Crippen LogP contribution in [0.3, 0.4) is 0 Å². The van der Waals surface area contributed by atoms with Crippen LogP contribution in [0.25, 0.3) is 11.4 Å². The number of halogens is 2. The number of rotatable bonds is 5. The van der Waals surface area contributed by atoms with Gasteiger partial charge in [-0.15, -0.1) is 5.10 Å². The molecule has 2 aliphatic rings. The van der Waals surface area contributed by atoms with Crippen LogP contribution >= 0.6 is 0 Å². The van der Waals surface area contributed by atoms with Gasteiger partial charge in [-0.05, 0) is 39.3 Å². The number of carbonyl (C=O) groups excluding carboxylic acids is 1. The number of hydrogen-bond donors (Lipinski definition) is 0. The number of amides is 1. The molecule has 0 aliphatic carbocycles. The molecule has 4 heterocycles. The van der Waals surface area contributed by atoms with E-state index in [9.17, 15) is 13.6 Å². The molecule has 1 amide bonds. The minimum atomic E-state index is -3.02. The first-order valence-corrected chi connectivity index (χ1v) is 11.4. The lowest BCUT2D eigenvalue weighted by atomic mass is 9.87. The van der Waals surface area contributed by atoms with E-state index in [0.717, 1.165) is 17.0 Å². The second-order valence-electron chi connectivity index (χ2n) is 9.90. The smallest absolute Gasteiger partial charge is 0.410 e. The topological polar surface area (TPSA) is 91.6 Å². The van der Waals surface area contributed by atoms with Crippen molar-refractivity contribution < 1.29 is 27.8 Å². The van der Waals surface area contributed by atoms with Crippen LogP contribution in [0.15, 0.2) is 12.1 Å². The number of piperidine rings is 1. The molecule has 0 bridgehead atoms. The van der Waals surface area contributed by atoms with Gasteiger partial charge in [0.2, 0.25) is 0 Å². The third kappa shape index (κ3) is 5.52. The molecular formula is C23H31F2N5O4. The summed E-state index contributed by atoms with van der Waals surface area (Å²) in [6, 6.07) is 3.53. The minimum absolute atomic E-state index is 0.137.